The lowest BCUT2D eigenvalue weighted by Crippen LogP contribution is -2.45. The van der Waals surface area contributed by atoms with Crippen molar-refractivity contribution in [2.24, 2.45) is 0 Å². The smallest absolute Gasteiger partial charge is 0.305 e. The molecule has 0 aliphatic rings. The van der Waals surface area contributed by atoms with Crippen molar-refractivity contribution >= 4 is 11.9 Å². The van der Waals surface area contributed by atoms with Gasteiger partial charge >= 0.3 is 5.97 Å². The molecule has 0 aromatic carbocycles. The van der Waals surface area contributed by atoms with Crippen molar-refractivity contribution in [1.29, 1.82) is 0 Å². The highest BCUT2D eigenvalue weighted by atomic mass is 16.5. The third kappa shape index (κ3) is 73.1. The molecule has 2 unspecified atom stereocenters. The quantitative estimate of drug-likeness (QED) is 0.0320. The molecule has 0 fully saturated rings. The minimum absolute atomic E-state index is 0.0143. The van der Waals surface area contributed by atoms with Crippen molar-refractivity contribution in [2.45, 2.75) is 463 Å². The molecule has 88 heavy (non-hydrogen) atoms. The van der Waals surface area contributed by atoms with Crippen LogP contribution in [0.3, 0.4) is 0 Å². The zero-order valence-corrected chi connectivity index (χ0v) is 59.7. The minimum atomic E-state index is -0.842. The van der Waals surface area contributed by atoms with E-state index in [9.17, 15) is 19.8 Å². The van der Waals surface area contributed by atoms with Crippen LogP contribution in [0.25, 0.3) is 0 Å². The zero-order chi connectivity index (χ0) is 63.5. The molecule has 1 amide bonds. The summed E-state index contributed by atoms with van der Waals surface area (Å²) in [5, 5.41) is 23.2. The monoisotopic (exact) mass is 1240 g/mol. The Labute approximate surface area is 551 Å². The van der Waals surface area contributed by atoms with Gasteiger partial charge in [-0.2, -0.15) is 0 Å². The zero-order valence-electron chi connectivity index (χ0n) is 59.7. The Bertz CT molecular complexity index is 1430. The highest BCUT2D eigenvalue weighted by Gasteiger charge is 2.18. The second-order valence-corrected chi connectivity index (χ2v) is 27.7. The van der Waals surface area contributed by atoms with Gasteiger partial charge < -0.3 is 20.3 Å². The Kier molecular flexibility index (Phi) is 75.8. The van der Waals surface area contributed by atoms with Gasteiger partial charge in [0.1, 0.15) is 0 Å². The van der Waals surface area contributed by atoms with E-state index in [2.05, 4.69) is 43.5 Å². The average molecular weight is 1240 g/mol. The summed E-state index contributed by atoms with van der Waals surface area (Å²) in [6, 6.07) is -0.625. The summed E-state index contributed by atoms with van der Waals surface area (Å²) in [4.78, 5) is 24.6. The van der Waals surface area contributed by atoms with E-state index in [1.54, 1.807) is 6.08 Å². The van der Waals surface area contributed by atoms with E-state index >= 15 is 0 Å². The lowest BCUT2D eigenvalue weighted by atomic mass is 10.0. The summed E-state index contributed by atoms with van der Waals surface area (Å²) in [5.41, 5.74) is 0. The fraction of sp³-hybridized carbons (Fsp3) is 0.902. The number of carbonyl (C=O) groups excluding carboxylic acids is 2. The van der Waals surface area contributed by atoms with E-state index in [0.29, 0.717) is 19.4 Å². The SMILES string of the molecule is CCCCCCC/C=C\CCCCCCCC(=O)OCCCCCCCCCCCCCCCCCCCC/C=C\CCCCCCCCCCCCCCCCCCCC(=O)NC(CO)C(O)/C=C/CCCCCCCCCCCCCCCCCC. The molecule has 0 aromatic heterocycles. The summed E-state index contributed by atoms with van der Waals surface area (Å²) < 4.78 is 5.49. The molecule has 0 aliphatic carbocycles. The lowest BCUT2D eigenvalue weighted by Gasteiger charge is -2.20. The molecular formula is C82H157NO5. The molecule has 6 nitrogen and oxygen atoms in total. The molecule has 6 heteroatoms. The van der Waals surface area contributed by atoms with Crippen molar-refractivity contribution in [3.05, 3.63) is 36.5 Å². The normalized spacial score (nSPS) is 12.6. The van der Waals surface area contributed by atoms with Crippen LogP contribution in [0.5, 0.6) is 0 Å². The van der Waals surface area contributed by atoms with E-state index in [4.69, 9.17) is 4.74 Å². The molecule has 0 bridgehead atoms. The van der Waals surface area contributed by atoms with Crippen molar-refractivity contribution in [3.8, 4) is 0 Å². The van der Waals surface area contributed by atoms with Gasteiger partial charge in [0, 0.05) is 12.8 Å². The number of hydrogen-bond donors (Lipinski definition) is 3. The van der Waals surface area contributed by atoms with Gasteiger partial charge in [-0.3, -0.25) is 9.59 Å². The summed E-state index contributed by atoms with van der Waals surface area (Å²) >= 11 is 0. The van der Waals surface area contributed by atoms with Crippen molar-refractivity contribution < 1.29 is 24.5 Å². The molecule has 3 N–H and O–H groups in total. The maximum atomic E-state index is 12.5. The van der Waals surface area contributed by atoms with E-state index in [0.717, 1.165) is 44.9 Å². The molecule has 0 radical (unpaired) electrons. The Morgan fingerprint density at radius 1 is 0.307 bits per heavy atom. The number of hydrogen-bond acceptors (Lipinski definition) is 5. The summed E-state index contributed by atoms with van der Waals surface area (Å²) in [6.07, 6.45) is 101. The van der Waals surface area contributed by atoms with E-state index in [1.807, 2.05) is 6.08 Å². The van der Waals surface area contributed by atoms with Gasteiger partial charge in [0.2, 0.25) is 5.91 Å². The fourth-order valence-corrected chi connectivity index (χ4v) is 12.7. The highest BCUT2D eigenvalue weighted by molar-refractivity contribution is 5.76. The second kappa shape index (κ2) is 77.5. The Morgan fingerprint density at radius 2 is 0.534 bits per heavy atom. The number of aliphatic hydroxyl groups excluding tert-OH is 2. The Morgan fingerprint density at radius 3 is 0.807 bits per heavy atom. The van der Waals surface area contributed by atoms with Gasteiger partial charge in [-0.1, -0.05) is 391 Å². The highest BCUT2D eigenvalue weighted by Crippen LogP contribution is 2.20. The van der Waals surface area contributed by atoms with E-state index in [-0.39, 0.29) is 18.5 Å². The number of nitrogens with one attached hydrogen (secondary N) is 1. The molecule has 0 heterocycles. The van der Waals surface area contributed by atoms with Gasteiger partial charge in [-0.15, -0.1) is 0 Å². The van der Waals surface area contributed by atoms with Crippen LogP contribution >= 0.6 is 0 Å². The third-order valence-corrected chi connectivity index (χ3v) is 18.9. The second-order valence-electron chi connectivity index (χ2n) is 27.7. The number of esters is 1. The van der Waals surface area contributed by atoms with Gasteiger partial charge in [-0.05, 0) is 83.5 Å². The first kappa shape index (κ1) is 86.1. The van der Waals surface area contributed by atoms with Crippen LogP contribution in [0.15, 0.2) is 36.5 Å². The first-order chi connectivity index (χ1) is 43.5. The lowest BCUT2D eigenvalue weighted by molar-refractivity contribution is -0.143. The molecule has 0 aromatic rings. The largest absolute Gasteiger partial charge is 0.466 e. The topological polar surface area (TPSA) is 95.9 Å². The molecule has 0 saturated carbocycles. The van der Waals surface area contributed by atoms with Crippen LogP contribution in [0.1, 0.15) is 450 Å². The number of rotatable bonds is 76. The Hall–Kier alpha value is -1.92. The summed E-state index contributed by atoms with van der Waals surface area (Å²) in [5.74, 6) is -0.0455. The molecule has 0 rings (SSSR count). The maximum Gasteiger partial charge on any atom is 0.305 e. The van der Waals surface area contributed by atoms with Crippen LogP contribution in [-0.2, 0) is 14.3 Å². The molecule has 0 spiro atoms. The summed E-state index contributed by atoms with van der Waals surface area (Å²) in [6.45, 7) is 4.94. The third-order valence-electron chi connectivity index (χ3n) is 18.9. The van der Waals surface area contributed by atoms with E-state index in [1.165, 1.54) is 379 Å². The minimum Gasteiger partial charge on any atom is -0.466 e. The Balaban J connectivity index is 3.34. The average Bonchev–Trinajstić information content (AvgIpc) is 3.58. The number of aliphatic hydroxyl groups is 2. The maximum absolute atomic E-state index is 12.5. The number of carbonyl (C=O) groups is 2. The number of unbranched alkanes of at least 4 members (excludes halogenated alkanes) is 61. The summed E-state index contributed by atoms with van der Waals surface area (Å²) in [7, 11) is 0. The van der Waals surface area contributed by atoms with Crippen LogP contribution < -0.4 is 5.32 Å². The molecular weight excluding hydrogens is 1080 g/mol. The number of amides is 1. The molecule has 2 atom stereocenters. The van der Waals surface area contributed by atoms with Crippen molar-refractivity contribution in [2.75, 3.05) is 13.2 Å². The molecule has 520 valence electrons. The van der Waals surface area contributed by atoms with Crippen LogP contribution in [0, 0.1) is 0 Å². The van der Waals surface area contributed by atoms with Gasteiger partial charge in [-0.25, -0.2) is 0 Å². The van der Waals surface area contributed by atoms with Crippen LogP contribution in [0.4, 0.5) is 0 Å². The predicted octanol–water partition coefficient (Wildman–Crippen LogP) is 26.6. The predicted molar refractivity (Wildman–Crippen MR) is 389 cm³/mol. The number of ether oxygens (including phenoxy) is 1. The van der Waals surface area contributed by atoms with Crippen molar-refractivity contribution in [1.82, 2.24) is 5.32 Å². The molecule has 0 aliphatic heterocycles. The van der Waals surface area contributed by atoms with Gasteiger partial charge in [0.15, 0.2) is 0 Å². The number of allylic oxidation sites excluding steroid dienone is 5. The first-order valence-electron chi connectivity index (χ1n) is 40.3. The van der Waals surface area contributed by atoms with E-state index < -0.39 is 12.1 Å². The first-order valence-corrected chi connectivity index (χ1v) is 40.3. The fourth-order valence-electron chi connectivity index (χ4n) is 12.7. The molecule has 0 saturated heterocycles. The van der Waals surface area contributed by atoms with Gasteiger partial charge in [0.25, 0.3) is 0 Å². The van der Waals surface area contributed by atoms with Crippen LogP contribution in [0.2, 0.25) is 0 Å². The van der Waals surface area contributed by atoms with Crippen molar-refractivity contribution in [3.63, 3.8) is 0 Å². The standard InChI is InChI=1S/C82H157NO5/c1-3-5-7-9-11-13-15-17-19-20-44-47-50-54-58-62-66-70-74-80(85)79(78-84)83-81(86)75-71-67-63-59-55-51-48-45-42-40-38-36-34-32-30-28-26-24-22-21-23-25-27-29-31-33-35-37-39-41-43-46-49-53-57-61-65-69-73-77-88-82(87)76-72-68-64-60-56-52-18-16-14-12-10-8-6-4-2/h16,18,21-22,70,74,79-80,84-85H,3-15,17,19-20,23-69,71-73,75-78H2,1-2H3,(H,83,86)/b18-16-,22-21-,74-70+. The van der Waals surface area contributed by atoms with Gasteiger partial charge in [0.05, 0.1) is 25.4 Å². The van der Waals surface area contributed by atoms with Crippen LogP contribution in [-0.4, -0.2) is 47.4 Å².